The van der Waals surface area contributed by atoms with Crippen LogP contribution in [0, 0.1) is 5.82 Å². The lowest BCUT2D eigenvalue weighted by Gasteiger charge is -2.20. The largest absolute Gasteiger partial charge is 0.472 e. The van der Waals surface area contributed by atoms with Crippen LogP contribution >= 0.6 is 0 Å². The SMILES string of the molecule is CCN(C(=O)c1ccoc1)c1ccc(F)cc1. The number of anilines is 1. The Morgan fingerprint density at radius 2 is 2.00 bits per heavy atom. The van der Waals surface area contributed by atoms with E-state index in [1.54, 1.807) is 23.1 Å². The molecule has 88 valence electrons. The normalized spacial score (nSPS) is 10.2. The zero-order chi connectivity index (χ0) is 12.3. The molecular formula is C13H12FNO2. The monoisotopic (exact) mass is 233 g/mol. The van der Waals surface area contributed by atoms with E-state index in [2.05, 4.69) is 0 Å². The van der Waals surface area contributed by atoms with E-state index in [1.807, 2.05) is 6.92 Å². The van der Waals surface area contributed by atoms with Crippen LogP contribution in [0.2, 0.25) is 0 Å². The second-order valence-electron chi connectivity index (χ2n) is 3.54. The average Bonchev–Trinajstić information content (AvgIpc) is 2.86. The van der Waals surface area contributed by atoms with Crippen LogP contribution in [0.1, 0.15) is 17.3 Å². The van der Waals surface area contributed by atoms with Gasteiger partial charge >= 0.3 is 0 Å². The number of carbonyl (C=O) groups is 1. The number of furan rings is 1. The Kier molecular flexibility index (Phi) is 3.23. The highest BCUT2D eigenvalue weighted by Gasteiger charge is 2.16. The van der Waals surface area contributed by atoms with Crippen molar-refractivity contribution in [1.29, 1.82) is 0 Å². The minimum Gasteiger partial charge on any atom is -0.472 e. The molecule has 0 N–H and O–H groups in total. The van der Waals surface area contributed by atoms with Crippen molar-refractivity contribution in [1.82, 2.24) is 0 Å². The average molecular weight is 233 g/mol. The number of nitrogens with zero attached hydrogens (tertiary/aromatic N) is 1. The fraction of sp³-hybridized carbons (Fsp3) is 0.154. The molecule has 17 heavy (non-hydrogen) atoms. The van der Waals surface area contributed by atoms with Crippen LogP contribution in [0.15, 0.2) is 47.3 Å². The number of rotatable bonds is 3. The van der Waals surface area contributed by atoms with Crippen LogP contribution < -0.4 is 4.90 Å². The first kappa shape index (κ1) is 11.4. The molecule has 0 radical (unpaired) electrons. The molecule has 2 aromatic rings. The third kappa shape index (κ3) is 2.36. The molecular weight excluding hydrogens is 221 g/mol. The standard InChI is InChI=1S/C13H12FNO2/c1-2-15(12-5-3-11(14)4-6-12)13(16)10-7-8-17-9-10/h3-9H,2H2,1H3. The van der Waals surface area contributed by atoms with Crippen molar-refractivity contribution in [3.05, 3.63) is 54.2 Å². The molecule has 0 saturated carbocycles. The van der Waals surface area contributed by atoms with E-state index in [4.69, 9.17) is 4.42 Å². The van der Waals surface area contributed by atoms with Gasteiger partial charge in [-0.1, -0.05) is 0 Å². The predicted molar refractivity (Wildman–Crippen MR) is 62.5 cm³/mol. The van der Waals surface area contributed by atoms with E-state index in [-0.39, 0.29) is 11.7 Å². The molecule has 0 saturated heterocycles. The van der Waals surface area contributed by atoms with Crippen molar-refractivity contribution >= 4 is 11.6 Å². The molecule has 0 aliphatic rings. The number of hydrogen-bond acceptors (Lipinski definition) is 2. The third-order valence-corrected chi connectivity index (χ3v) is 2.47. The van der Waals surface area contributed by atoms with E-state index in [9.17, 15) is 9.18 Å². The number of carbonyl (C=O) groups excluding carboxylic acids is 1. The van der Waals surface area contributed by atoms with E-state index in [0.717, 1.165) is 0 Å². The second-order valence-corrected chi connectivity index (χ2v) is 3.54. The summed E-state index contributed by atoms with van der Waals surface area (Å²) < 4.78 is 17.7. The summed E-state index contributed by atoms with van der Waals surface area (Å²) in [7, 11) is 0. The zero-order valence-corrected chi connectivity index (χ0v) is 9.39. The Balaban J connectivity index is 2.28. The van der Waals surface area contributed by atoms with Crippen LogP contribution in [-0.2, 0) is 0 Å². The molecule has 1 aromatic carbocycles. The summed E-state index contributed by atoms with van der Waals surface area (Å²) in [5, 5.41) is 0. The van der Waals surface area contributed by atoms with E-state index in [1.165, 1.54) is 24.7 Å². The summed E-state index contributed by atoms with van der Waals surface area (Å²) in [6.07, 6.45) is 2.85. The Bertz CT molecular complexity index is 491. The first-order valence-corrected chi connectivity index (χ1v) is 5.32. The highest BCUT2D eigenvalue weighted by molar-refractivity contribution is 6.05. The molecule has 0 fully saturated rings. The Morgan fingerprint density at radius 3 is 2.53 bits per heavy atom. The fourth-order valence-electron chi connectivity index (χ4n) is 1.61. The molecule has 2 rings (SSSR count). The molecule has 1 amide bonds. The van der Waals surface area contributed by atoms with Gasteiger partial charge in [-0.15, -0.1) is 0 Å². The molecule has 0 aliphatic carbocycles. The molecule has 1 heterocycles. The van der Waals surface area contributed by atoms with E-state index >= 15 is 0 Å². The third-order valence-electron chi connectivity index (χ3n) is 2.47. The molecule has 1 aromatic heterocycles. The van der Waals surface area contributed by atoms with E-state index < -0.39 is 0 Å². The summed E-state index contributed by atoms with van der Waals surface area (Å²) in [5.41, 5.74) is 1.15. The molecule has 0 unspecified atom stereocenters. The summed E-state index contributed by atoms with van der Waals surface area (Å²) in [4.78, 5) is 13.7. The fourth-order valence-corrected chi connectivity index (χ4v) is 1.61. The van der Waals surface area contributed by atoms with E-state index in [0.29, 0.717) is 17.8 Å². The van der Waals surface area contributed by atoms with Gasteiger partial charge in [-0.25, -0.2) is 4.39 Å². The van der Waals surface area contributed by atoms with Crippen molar-refractivity contribution in [3.63, 3.8) is 0 Å². The lowest BCUT2D eigenvalue weighted by molar-refractivity contribution is 0.0987. The van der Waals surface area contributed by atoms with Crippen molar-refractivity contribution in [3.8, 4) is 0 Å². The van der Waals surface area contributed by atoms with Gasteiger partial charge in [0.05, 0.1) is 11.8 Å². The minimum absolute atomic E-state index is 0.159. The first-order chi connectivity index (χ1) is 8.22. The van der Waals surface area contributed by atoms with Gasteiger partial charge in [-0.3, -0.25) is 4.79 Å². The molecule has 0 spiro atoms. The van der Waals surface area contributed by atoms with Crippen LogP contribution in [0.25, 0.3) is 0 Å². The maximum Gasteiger partial charge on any atom is 0.261 e. The zero-order valence-electron chi connectivity index (χ0n) is 9.39. The smallest absolute Gasteiger partial charge is 0.261 e. The van der Waals surface area contributed by atoms with Gasteiger partial charge in [-0.2, -0.15) is 0 Å². The van der Waals surface area contributed by atoms with Crippen LogP contribution in [0.5, 0.6) is 0 Å². The Morgan fingerprint density at radius 1 is 1.29 bits per heavy atom. The lowest BCUT2D eigenvalue weighted by atomic mass is 10.2. The summed E-state index contributed by atoms with van der Waals surface area (Å²) in [6, 6.07) is 7.43. The number of halogens is 1. The number of hydrogen-bond donors (Lipinski definition) is 0. The summed E-state index contributed by atoms with van der Waals surface area (Å²) in [5.74, 6) is -0.478. The van der Waals surface area contributed by atoms with Crippen molar-refractivity contribution in [2.45, 2.75) is 6.92 Å². The quantitative estimate of drug-likeness (QED) is 0.816. The van der Waals surface area contributed by atoms with Crippen LogP contribution in [0.4, 0.5) is 10.1 Å². The highest BCUT2D eigenvalue weighted by Crippen LogP contribution is 2.17. The number of benzene rings is 1. The van der Waals surface area contributed by atoms with Crippen molar-refractivity contribution in [2.24, 2.45) is 0 Å². The van der Waals surface area contributed by atoms with Gasteiger partial charge in [0.15, 0.2) is 0 Å². The van der Waals surface area contributed by atoms with Gasteiger partial charge in [0.25, 0.3) is 5.91 Å². The van der Waals surface area contributed by atoms with Gasteiger partial charge in [0, 0.05) is 12.2 Å². The topological polar surface area (TPSA) is 33.5 Å². The van der Waals surface area contributed by atoms with Gasteiger partial charge in [-0.05, 0) is 37.3 Å². The van der Waals surface area contributed by atoms with Crippen molar-refractivity contribution < 1.29 is 13.6 Å². The number of amides is 1. The Labute approximate surface area is 98.5 Å². The molecule has 3 nitrogen and oxygen atoms in total. The van der Waals surface area contributed by atoms with Gasteiger partial charge in [0.1, 0.15) is 12.1 Å². The molecule has 0 bridgehead atoms. The molecule has 4 heteroatoms. The second kappa shape index (κ2) is 4.82. The van der Waals surface area contributed by atoms with Crippen molar-refractivity contribution in [2.75, 3.05) is 11.4 Å². The van der Waals surface area contributed by atoms with Gasteiger partial charge in [0.2, 0.25) is 0 Å². The predicted octanol–water partition coefficient (Wildman–Crippen LogP) is 3.09. The Hall–Kier alpha value is -2.10. The lowest BCUT2D eigenvalue weighted by Crippen LogP contribution is -2.30. The van der Waals surface area contributed by atoms with Crippen LogP contribution in [-0.4, -0.2) is 12.5 Å². The summed E-state index contributed by atoms with van der Waals surface area (Å²) >= 11 is 0. The maximum atomic E-state index is 12.8. The minimum atomic E-state index is -0.319. The van der Waals surface area contributed by atoms with Crippen LogP contribution in [0.3, 0.4) is 0 Å². The van der Waals surface area contributed by atoms with Gasteiger partial charge < -0.3 is 9.32 Å². The molecule has 0 atom stereocenters. The highest BCUT2D eigenvalue weighted by atomic mass is 19.1. The maximum absolute atomic E-state index is 12.8. The molecule has 0 aliphatic heterocycles. The summed E-state index contributed by atoms with van der Waals surface area (Å²) in [6.45, 7) is 2.37. The first-order valence-electron chi connectivity index (χ1n) is 5.32.